The van der Waals surface area contributed by atoms with Crippen molar-refractivity contribution in [2.75, 3.05) is 13.1 Å². The fraction of sp³-hybridized carbons (Fsp3) is 0.312. The van der Waals surface area contributed by atoms with Crippen LogP contribution in [0.5, 0.6) is 0 Å². The van der Waals surface area contributed by atoms with E-state index in [1.807, 2.05) is 43.5 Å². The van der Waals surface area contributed by atoms with Crippen LogP contribution in [0.1, 0.15) is 16.8 Å². The molecule has 2 aromatic rings. The summed E-state index contributed by atoms with van der Waals surface area (Å²) in [5.74, 6) is 0. The molecule has 0 aliphatic carbocycles. The second-order valence-electron chi connectivity index (χ2n) is 5.37. The monoisotopic (exact) mass is 254 g/mol. The van der Waals surface area contributed by atoms with Gasteiger partial charge in [-0.25, -0.2) is 0 Å². The summed E-state index contributed by atoms with van der Waals surface area (Å²) >= 11 is 0. The van der Waals surface area contributed by atoms with Crippen LogP contribution in [-0.2, 0) is 12.1 Å². The highest BCUT2D eigenvalue weighted by molar-refractivity contribution is 5.26. The number of likely N-dealkylation sites (tertiary alicyclic amines) is 1. The number of benzene rings is 1. The lowest BCUT2D eigenvalue weighted by atomic mass is 9.86. The second kappa shape index (κ2) is 4.76. The zero-order valence-corrected chi connectivity index (χ0v) is 11.1. The summed E-state index contributed by atoms with van der Waals surface area (Å²) in [6, 6.07) is 14.0. The molecular formula is C16H18N2O. The lowest BCUT2D eigenvalue weighted by molar-refractivity contribution is -0.108. The van der Waals surface area contributed by atoms with E-state index in [0.717, 1.165) is 17.8 Å². The summed E-state index contributed by atoms with van der Waals surface area (Å²) in [5, 5.41) is 10.5. The first-order valence-electron chi connectivity index (χ1n) is 6.57. The molecule has 0 amide bonds. The Morgan fingerprint density at radius 1 is 1.16 bits per heavy atom. The number of β-amino-alcohol motifs (C(OH)–C–C–N with tert-alkyl or cyclic N) is 1. The van der Waals surface area contributed by atoms with Gasteiger partial charge in [0.15, 0.2) is 0 Å². The van der Waals surface area contributed by atoms with Gasteiger partial charge in [-0.3, -0.25) is 9.88 Å². The smallest absolute Gasteiger partial charge is 0.115 e. The Hall–Kier alpha value is -1.71. The zero-order chi connectivity index (χ0) is 13.3. The Morgan fingerprint density at radius 2 is 1.89 bits per heavy atom. The molecule has 0 radical (unpaired) electrons. The van der Waals surface area contributed by atoms with E-state index in [9.17, 15) is 5.11 Å². The van der Waals surface area contributed by atoms with Gasteiger partial charge in [0.2, 0.25) is 0 Å². The van der Waals surface area contributed by atoms with Gasteiger partial charge in [0.1, 0.15) is 5.60 Å². The van der Waals surface area contributed by atoms with Crippen molar-refractivity contribution in [3.8, 4) is 0 Å². The Bertz CT molecular complexity index is 545. The van der Waals surface area contributed by atoms with Crippen LogP contribution in [0.2, 0.25) is 0 Å². The maximum Gasteiger partial charge on any atom is 0.115 e. The molecule has 1 aromatic carbocycles. The number of aliphatic hydroxyl groups is 1. The highest BCUT2D eigenvalue weighted by Gasteiger charge is 2.42. The fourth-order valence-electron chi connectivity index (χ4n) is 2.56. The summed E-state index contributed by atoms with van der Waals surface area (Å²) in [7, 11) is 0. The summed E-state index contributed by atoms with van der Waals surface area (Å²) in [6.45, 7) is 4.18. The van der Waals surface area contributed by atoms with Gasteiger partial charge in [-0.15, -0.1) is 0 Å². The van der Waals surface area contributed by atoms with Crippen molar-refractivity contribution in [3.05, 3.63) is 65.5 Å². The second-order valence-corrected chi connectivity index (χ2v) is 5.37. The van der Waals surface area contributed by atoms with Crippen LogP contribution in [-0.4, -0.2) is 28.1 Å². The van der Waals surface area contributed by atoms with E-state index in [4.69, 9.17) is 0 Å². The molecular weight excluding hydrogens is 236 g/mol. The molecule has 0 spiro atoms. The molecule has 3 nitrogen and oxygen atoms in total. The largest absolute Gasteiger partial charge is 0.382 e. The molecule has 1 saturated heterocycles. The molecule has 1 N–H and O–H groups in total. The Balaban J connectivity index is 1.62. The molecule has 0 bridgehead atoms. The molecule has 98 valence electrons. The maximum absolute atomic E-state index is 10.5. The molecule has 0 saturated carbocycles. The van der Waals surface area contributed by atoms with E-state index in [0.29, 0.717) is 13.1 Å². The number of aryl methyl sites for hydroxylation is 1. The molecule has 19 heavy (non-hydrogen) atoms. The van der Waals surface area contributed by atoms with Crippen LogP contribution in [0.15, 0.2) is 48.7 Å². The summed E-state index contributed by atoms with van der Waals surface area (Å²) in [5.41, 5.74) is 2.54. The van der Waals surface area contributed by atoms with Gasteiger partial charge in [-0.05, 0) is 24.1 Å². The predicted molar refractivity (Wildman–Crippen MR) is 74.6 cm³/mol. The number of rotatable bonds is 3. The van der Waals surface area contributed by atoms with E-state index >= 15 is 0 Å². The van der Waals surface area contributed by atoms with Crippen LogP contribution in [0.4, 0.5) is 0 Å². The van der Waals surface area contributed by atoms with Gasteiger partial charge in [0.25, 0.3) is 0 Å². The first kappa shape index (κ1) is 12.3. The number of hydrogen-bond acceptors (Lipinski definition) is 3. The molecule has 0 unspecified atom stereocenters. The third-order valence-electron chi connectivity index (χ3n) is 3.64. The molecule has 3 heteroatoms. The minimum atomic E-state index is -0.689. The van der Waals surface area contributed by atoms with Crippen molar-refractivity contribution >= 4 is 0 Å². The molecule has 1 aromatic heterocycles. The number of aromatic nitrogens is 1. The van der Waals surface area contributed by atoms with Crippen LogP contribution in [0.25, 0.3) is 0 Å². The molecule has 1 aliphatic heterocycles. The van der Waals surface area contributed by atoms with Gasteiger partial charge < -0.3 is 5.11 Å². The third-order valence-corrected chi connectivity index (χ3v) is 3.64. The predicted octanol–water partition coefficient (Wildman–Crippen LogP) is 2.09. The molecule has 1 fully saturated rings. The quantitative estimate of drug-likeness (QED) is 0.911. The van der Waals surface area contributed by atoms with Gasteiger partial charge >= 0.3 is 0 Å². The van der Waals surface area contributed by atoms with Gasteiger partial charge in [0.05, 0.1) is 5.69 Å². The first-order valence-corrected chi connectivity index (χ1v) is 6.57. The summed E-state index contributed by atoms with van der Waals surface area (Å²) in [6.07, 6.45) is 1.89. The van der Waals surface area contributed by atoms with E-state index < -0.39 is 5.60 Å². The van der Waals surface area contributed by atoms with Gasteiger partial charge in [0, 0.05) is 25.8 Å². The van der Waals surface area contributed by atoms with Crippen molar-refractivity contribution < 1.29 is 5.11 Å². The van der Waals surface area contributed by atoms with Crippen molar-refractivity contribution in [1.82, 2.24) is 9.88 Å². The Kier molecular flexibility index (Phi) is 3.09. The number of nitrogens with zero attached hydrogens (tertiary/aromatic N) is 2. The van der Waals surface area contributed by atoms with Crippen LogP contribution < -0.4 is 0 Å². The third kappa shape index (κ3) is 2.53. The lowest BCUT2D eigenvalue weighted by Gasteiger charge is -2.46. The Morgan fingerprint density at radius 3 is 2.53 bits per heavy atom. The highest BCUT2D eigenvalue weighted by atomic mass is 16.3. The van der Waals surface area contributed by atoms with Crippen molar-refractivity contribution in [1.29, 1.82) is 0 Å². The van der Waals surface area contributed by atoms with Gasteiger partial charge in [-0.1, -0.05) is 36.4 Å². The minimum Gasteiger partial charge on any atom is -0.382 e. The summed E-state index contributed by atoms with van der Waals surface area (Å²) < 4.78 is 0. The van der Waals surface area contributed by atoms with E-state index in [1.165, 1.54) is 5.56 Å². The first-order chi connectivity index (χ1) is 9.16. The maximum atomic E-state index is 10.5. The Labute approximate surface area is 113 Å². The number of pyridine rings is 1. The summed E-state index contributed by atoms with van der Waals surface area (Å²) in [4.78, 5) is 6.61. The van der Waals surface area contributed by atoms with E-state index in [2.05, 4.69) is 22.0 Å². The fourth-order valence-corrected chi connectivity index (χ4v) is 2.56. The van der Waals surface area contributed by atoms with Crippen LogP contribution in [0.3, 0.4) is 0 Å². The normalized spacial score (nSPS) is 18.0. The average molecular weight is 254 g/mol. The number of hydrogen-bond donors (Lipinski definition) is 1. The molecule has 2 heterocycles. The van der Waals surface area contributed by atoms with E-state index in [-0.39, 0.29) is 0 Å². The highest BCUT2D eigenvalue weighted by Crippen LogP contribution is 2.32. The SMILES string of the molecule is Cc1ccc(CN2CC(O)(c3ccccc3)C2)nc1. The van der Waals surface area contributed by atoms with Gasteiger partial charge in [-0.2, -0.15) is 0 Å². The van der Waals surface area contributed by atoms with Crippen molar-refractivity contribution in [3.63, 3.8) is 0 Å². The standard InChI is InChI=1S/C16H18N2O/c1-13-7-8-15(17-9-13)10-18-11-16(19,12-18)14-5-3-2-4-6-14/h2-9,19H,10-12H2,1H3. The van der Waals surface area contributed by atoms with Crippen LogP contribution in [0, 0.1) is 6.92 Å². The lowest BCUT2D eigenvalue weighted by Crippen LogP contribution is -2.58. The van der Waals surface area contributed by atoms with Crippen molar-refractivity contribution in [2.45, 2.75) is 19.1 Å². The van der Waals surface area contributed by atoms with Crippen molar-refractivity contribution in [2.24, 2.45) is 0 Å². The van der Waals surface area contributed by atoms with E-state index in [1.54, 1.807) is 0 Å². The topological polar surface area (TPSA) is 36.4 Å². The average Bonchev–Trinajstić information content (AvgIpc) is 2.40. The minimum absolute atomic E-state index is 0.673. The molecule has 1 aliphatic rings. The molecule has 3 rings (SSSR count). The van der Waals surface area contributed by atoms with Crippen LogP contribution >= 0.6 is 0 Å². The molecule has 0 atom stereocenters. The zero-order valence-electron chi connectivity index (χ0n) is 11.1.